The third kappa shape index (κ3) is 3.10. The lowest BCUT2D eigenvalue weighted by atomic mass is 10.1. The number of nitrogens with zero attached hydrogens (tertiary/aromatic N) is 1. The fourth-order valence-corrected chi connectivity index (χ4v) is 4.13. The maximum Gasteiger partial charge on any atom is 0.231 e. The van der Waals surface area contributed by atoms with Crippen LogP contribution in [0.3, 0.4) is 0 Å². The quantitative estimate of drug-likeness (QED) is 0.764. The van der Waals surface area contributed by atoms with Crippen LogP contribution in [0.5, 0.6) is 0 Å². The third-order valence-corrected chi connectivity index (χ3v) is 5.17. The SMILES string of the molecule is Nc1ccccc1N(CCO)C(=O)C1CCS(=O)(=O)C1. The van der Waals surface area contributed by atoms with Crippen LogP contribution in [0.1, 0.15) is 6.42 Å². The lowest BCUT2D eigenvalue weighted by molar-refractivity contribution is -0.121. The summed E-state index contributed by atoms with van der Waals surface area (Å²) in [5.41, 5.74) is 6.78. The maximum atomic E-state index is 12.5. The highest BCUT2D eigenvalue weighted by Crippen LogP contribution is 2.27. The molecule has 1 unspecified atom stereocenters. The van der Waals surface area contributed by atoms with Crippen molar-refractivity contribution in [3.63, 3.8) is 0 Å². The average molecular weight is 298 g/mol. The summed E-state index contributed by atoms with van der Waals surface area (Å²) >= 11 is 0. The molecule has 1 atom stereocenters. The summed E-state index contributed by atoms with van der Waals surface area (Å²) in [7, 11) is -3.12. The van der Waals surface area contributed by atoms with Gasteiger partial charge in [-0.3, -0.25) is 4.79 Å². The first-order chi connectivity index (χ1) is 9.44. The van der Waals surface area contributed by atoms with Crippen LogP contribution in [0, 0.1) is 5.92 Å². The molecule has 1 saturated heterocycles. The number of benzene rings is 1. The molecule has 7 heteroatoms. The molecule has 3 N–H and O–H groups in total. The number of aliphatic hydroxyl groups is 1. The van der Waals surface area contributed by atoms with Crippen molar-refractivity contribution in [2.75, 3.05) is 35.3 Å². The molecule has 6 nitrogen and oxygen atoms in total. The van der Waals surface area contributed by atoms with Crippen molar-refractivity contribution in [1.29, 1.82) is 0 Å². The van der Waals surface area contributed by atoms with E-state index in [1.165, 1.54) is 4.90 Å². The molecule has 1 aromatic carbocycles. The minimum atomic E-state index is -3.12. The summed E-state index contributed by atoms with van der Waals surface area (Å²) in [5.74, 6) is -0.926. The van der Waals surface area contributed by atoms with Crippen LogP contribution in [0.2, 0.25) is 0 Å². The van der Waals surface area contributed by atoms with Gasteiger partial charge in [-0.2, -0.15) is 0 Å². The van der Waals surface area contributed by atoms with Crippen molar-refractivity contribution in [3.05, 3.63) is 24.3 Å². The second kappa shape index (κ2) is 5.80. The third-order valence-electron chi connectivity index (χ3n) is 3.40. The molecular formula is C13H18N2O4S. The largest absolute Gasteiger partial charge is 0.397 e. The second-order valence-corrected chi connectivity index (χ2v) is 7.10. The Morgan fingerprint density at radius 1 is 1.40 bits per heavy atom. The average Bonchev–Trinajstić information content (AvgIpc) is 2.77. The molecule has 1 amide bonds. The van der Waals surface area contributed by atoms with Crippen LogP contribution in [0.4, 0.5) is 11.4 Å². The lowest BCUT2D eigenvalue weighted by Crippen LogP contribution is -2.39. The molecule has 20 heavy (non-hydrogen) atoms. The summed E-state index contributed by atoms with van der Waals surface area (Å²) in [5, 5.41) is 9.13. The predicted octanol–water partition coefficient (Wildman–Crippen LogP) is 0.0288. The van der Waals surface area contributed by atoms with Gasteiger partial charge in [-0.15, -0.1) is 0 Å². The van der Waals surface area contributed by atoms with Gasteiger partial charge in [-0.1, -0.05) is 12.1 Å². The van der Waals surface area contributed by atoms with Crippen LogP contribution < -0.4 is 10.6 Å². The number of nitrogens with two attached hydrogens (primary N) is 1. The zero-order valence-electron chi connectivity index (χ0n) is 11.0. The zero-order chi connectivity index (χ0) is 14.8. The minimum absolute atomic E-state index is 0.0423. The molecule has 0 aromatic heterocycles. The standard InChI is InChI=1S/C13H18N2O4S/c14-11-3-1-2-4-12(11)15(6-7-16)13(17)10-5-8-20(18,19)9-10/h1-4,10,16H,5-9,14H2. The van der Waals surface area contributed by atoms with Crippen LogP contribution >= 0.6 is 0 Å². The Morgan fingerprint density at radius 3 is 2.65 bits per heavy atom. The molecule has 1 aromatic rings. The number of carbonyl (C=O) groups is 1. The van der Waals surface area contributed by atoms with E-state index >= 15 is 0 Å². The van der Waals surface area contributed by atoms with Crippen LogP contribution in [-0.2, 0) is 14.6 Å². The van der Waals surface area contributed by atoms with Gasteiger partial charge < -0.3 is 15.7 Å². The van der Waals surface area contributed by atoms with Gasteiger partial charge in [-0.25, -0.2) is 8.42 Å². The van der Waals surface area contributed by atoms with E-state index in [1.807, 2.05) is 0 Å². The summed E-state index contributed by atoms with van der Waals surface area (Å²) in [6.45, 7) is -0.108. The van der Waals surface area contributed by atoms with E-state index < -0.39 is 15.8 Å². The van der Waals surface area contributed by atoms with Gasteiger partial charge in [0, 0.05) is 6.54 Å². The molecular weight excluding hydrogens is 280 g/mol. The Bertz CT molecular complexity index is 600. The zero-order valence-corrected chi connectivity index (χ0v) is 11.8. The van der Waals surface area contributed by atoms with E-state index in [-0.39, 0.29) is 30.6 Å². The predicted molar refractivity (Wildman–Crippen MR) is 77.1 cm³/mol. The second-order valence-electron chi connectivity index (χ2n) is 4.87. The number of sulfone groups is 1. The van der Waals surface area contributed by atoms with Crippen LogP contribution in [0.15, 0.2) is 24.3 Å². The molecule has 0 saturated carbocycles. The first-order valence-corrected chi connectivity index (χ1v) is 8.24. The molecule has 0 aliphatic carbocycles. The van der Waals surface area contributed by atoms with Gasteiger partial charge in [0.05, 0.1) is 35.4 Å². The fourth-order valence-electron chi connectivity index (χ4n) is 2.39. The number of hydrogen-bond donors (Lipinski definition) is 2. The van der Waals surface area contributed by atoms with E-state index in [0.717, 1.165) is 0 Å². The van der Waals surface area contributed by atoms with Gasteiger partial charge in [0.25, 0.3) is 0 Å². The molecule has 1 aliphatic heterocycles. The Kier molecular flexibility index (Phi) is 4.29. The number of para-hydroxylation sites is 2. The van der Waals surface area contributed by atoms with Crippen molar-refractivity contribution in [2.24, 2.45) is 5.92 Å². The smallest absolute Gasteiger partial charge is 0.231 e. The molecule has 2 rings (SSSR count). The number of amides is 1. The van der Waals surface area contributed by atoms with Gasteiger partial charge in [-0.05, 0) is 18.6 Å². The molecule has 1 aliphatic rings. The number of rotatable bonds is 4. The highest BCUT2D eigenvalue weighted by atomic mass is 32.2. The highest BCUT2D eigenvalue weighted by Gasteiger charge is 2.36. The number of nitrogen functional groups attached to an aromatic ring is 1. The number of carbonyl (C=O) groups excluding carboxylic acids is 1. The molecule has 110 valence electrons. The van der Waals surface area contributed by atoms with E-state index in [0.29, 0.717) is 17.8 Å². The topological polar surface area (TPSA) is 101 Å². The van der Waals surface area contributed by atoms with Crippen molar-refractivity contribution < 1.29 is 18.3 Å². The van der Waals surface area contributed by atoms with Crippen molar-refractivity contribution in [1.82, 2.24) is 0 Å². The first kappa shape index (κ1) is 14.8. The van der Waals surface area contributed by atoms with Gasteiger partial charge in [0.15, 0.2) is 9.84 Å². The van der Waals surface area contributed by atoms with Crippen LogP contribution in [-0.4, -0.2) is 44.1 Å². The van der Waals surface area contributed by atoms with Gasteiger partial charge >= 0.3 is 0 Å². The van der Waals surface area contributed by atoms with E-state index in [4.69, 9.17) is 10.8 Å². The normalized spacial score (nSPS) is 20.8. The molecule has 1 heterocycles. The molecule has 0 spiro atoms. The van der Waals surface area contributed by atoms with Crippen LogP contribution in [0.25, 0.3) is 0 Å². The summed E-state index contributed by atoms with van der Waals surface area (Å²) in [6.07, 6.45) is 0.329. The number of hydrogen-bond acceptors (Lipinski definition) is 5. The van der Waals surface area contributed by atoms with Crippen molar-refractivity contribution >= 4 is 27.1 Å². The van der Waals surface area contributed by atoms with Gasteiger partial charge in [0.2, 0.25) is 5.91 Å². The van der Waals surface area contributed by atoms with E-state index in [2.05, 4.69) is 0 Å². The van der Waals surface area contributed by atoms with Crippen molar-refractivity contribution in [2.45, 2.75) is 6.42 Å². The summed E-state index contributed by atoms with van der Waals surface area (Å²) in [6, 6.07) is 6.85. The van der Waals surface area contributed by atoms with Crippen molar-refractivity contribution in [3.8, 4) is 0 Å². The summed E-state index contributed by atoms with van der Waals surface area (Å²) in [4.78, 5) is 13.8. The molecule has 0 bridgehead atoms. The van der Waals surface area contributed by atoms with E-state index in [1.54, 1.807) is 24.3 Å². The maximum absolute atomic E-state index is 12.5. The molecule has 0 radical (unpaired) electrons. The monoisotopic (exact) mass is 298 g/mol. The lowest BCUT2D eigenvalue weighted by Gasteiger charge is -2.25. The number of aliphatic hydroxyl groups excluding tert-OH is 1. The Labute approximate surface area is 118 Å². The minimum Gasteiger partial charge on any atom is -0.397 e. The Balaban J connectivity index is 2.25. The number of anilines is 2. The fraction of sp³-hybridized carbons (Fsp3) is 0.462. The Morgan fingerprint density at radius 2 is 2.10 bits per heavy atom. The Hall–Kier alpha value is -1.60. The first-order valence-electron chi connectivity index (χ1n) is 6.42. The van der Waals surface area contributed by atoms with Gasteiger partial charge in [0.1, 0.15) is 0 Å². The van der Waals surface area contributed by atoms with E-state index in [9.17, 15) is 13.2 Å². The highest BCUT2D eigenvalue weighted by molar-refractivity contribution is 7.91. The molecule has 1 fully saturated rings. The summed E-state index contributed by atoms with van der Waals surface area (Å²) < 4.78 is 23.0.